The van der Waals surface area contributed by atoms with E-state index in [1.165, 1.54) is 4.90 Å². The zero-order chi connectivity index (χ0) is 14.6. The summed E-state index contributed by atoms with van der Waals surface area (Å²) < 4.78 is 28.0. The molecule has 0 saturated carbocycles. The van der Waals surface area contributed by atoms with E-state index >= 15 is 0 Å². The molecular weight excluding hydrogens is 256 g/mol. The zero-order valence-corrected chi connectivity index (χ0v) is 10.8. The fourth-order valence-electron chi connectivity index (χ4n) is 1.78. The first kappa shape index (κ1) is 15.2. The smallest absolute Gasteiger partial charge is 0.170 e. The minimum atomic E-state index is -0.830. The molecule has 0 fully saturated rings. The van der Waals surface area contributed by atoms with Gasteiger partial charge in [0.2, 0.25) is 0 Å². The van der Waals surface area contributed by atoms with E-state index in [1.54, 1.807) is 13.8 Å². The normalized spacial score (nSPS) is 12.0. The van der Waals surface area contributed by atoms with Crippen molar-refractivity contribution in [2.45, 2.75) is 19.9 Å². The van der Waals surface area contributed by atoms with Crippen LogP contribution in [0.2, 0.25) is 0 Å². The molecule has 4 N–H and O–H groups in total. The van der Waals surface area contributed by atoms with Gasteiger partial charge in [-0.3, -0.25) is 0 Å². The molecule has 0 spiro atoms. The van der Waals surface area contributed by atoms with Crippen LogP contribution in [0.5, 0.6) is 0 Å². The first-order valence-corrected chi connectivity index (χ1v) is 5.76. The molecule has 0 unspecified atom stereocenters. The van der Waals surface area contributed by atoms with Crippen LogP contribution < -0.4 is 10.6 Å². The third kappa shape index (κ3) is 3.31. The molecule has 19 heavy (non-hydrogen) atoms. The van der Waals surface area contributed by atoms with Gasteiger partial charge in [-0.25, -0.2) is 8.78 Å². The summed E-state index contributed by atoms with van der Waals surface area (Å²) in [6.07, 6.45) is 0. The Balaban J connectivity index is 3.29. The Morgan fingerprint density at radius 2 is 1.89 bits per heavy atom. The number of oxime groups is 1. The van der Waals surface area contributed by atoms with E-state index in [4.69, 9.17) is 16.0 Å². The van der Waals surface area contributed by atoms with Crippen LogP contribution in [0.3, 0.4) is 0 Å². The second kappa shape index (κ2) is 6.33. The van der Waals surface area contributed by atoms with Crippen LogP contribution >= 0.6 is 0 Å². The molecule has 0 radical (unpaired) electrons. The average Bonchev–Trinajstić information content (AvgIpc) is 2.35. The Hall–Kier alpha value is -1.89. The van der Waals surface area contributed by atoms with Gasteiger partial charge in [0.05, 0.1) is 6.61 Å². The van der Waals surface area contributed by atoms with E-state index in [9.17, 15) is 8.78 Å². The van der Waals surface area contributed by atoms with Crippen LogP contribution in [0.4, 0.5) is 14.5 Å². The number of nitrogens with zero attached hydrogens (tertiary/aromatic N) is 2. The molecule has 1 rings (SSSR count). The largest absolute Gasteiger partial charge is 0.409 e. The molecule has 0 heterocycles. The molecular formula is C12H17F2N3O2. The fourth-order valence-corrected chi connectivity index (χ4v) is 1.78. The molecule has 0 aliphatic carbocycles. The SMILES string of the molecule is CC(C)N(CCO)c1c(F)cc(C(N)=NO)cc1F. The lowest BCUT2D eigenvalue weighted by molar-refractivity contribution is 0.298. The van der Waals surface area contributed by atoms with E-state index in [0.29, 0.717) is 0 Å². The highest BCUT2D eigenvalue weighted by molar-refractivity contribution is 5.97. The van der Waals surface area contributed by atoms with Gasteiger partial charge in [-0.05, 0) is 26.0 Å². The van der Waals surface area contributed by atoms with E-state index in [-0.39, 0.29) is 36.3 Å². The lowest BCUT2D eigenvalue weighted by atomic mass is 10.1. The molecule has 1 aromatic carbocycles. The maximum absolute atomic E-state index is 14.0. The topological polar surface area (TPSA) is 82.1 Å². The van der Waals surface area contributed by atoms with Crippen molar-refractivity contribution in [2.24, 2.45) is 10.9 Å². The minimum absolute atomic E-state index is 0.0473. The summed E-state index contributed by atoms with van der Waals surface area (Å²) in [5.74, 6) is -2.03. The molecule has 0 aromatic heterocycles. The van der Waals surface area contributed by atoms with Gasteiger partial charge in [0.15, 0.2) is 5.84 Å². The Kier molecular flexibility index (Phi) is 5.05. The molecule has 0 aliphatic rings. The third-order valence-electron chi connectivity index (χ3n) is 2.67. The van der Waals surface area contributed by atoms with Gasteiger partial charge >= 0.3 is 0 Å². The molecule has 0 aliphatic heterocycles. The number of hydrogen-bond acceptors (Lipinski definition) is 4. The van der Waals surface area contributed by atoms with Crippen LogP contribution in [-0.2, 0) is 0 Å². The highest BCUT2D eigenvalue weighted by atomic mass is 19.1. The number of nitrogens with two attached hydrogens (primary N) is 1. The van der Waals surface area contributed by atoms with Crippen molar-refractivity contribution in [3.63, 3.8) is 0 Å². The predicted octanol–water partition coefficient (Wildman–Crippen LogP) is 1.27. The summed E-state index contributed by atoms with van der Waals surface area (Å²) in [5, 5.41) is 20.1. The summed E-state index contributed by atoms with van der Waals surface area (Å²) in [6.45, 7) is 3.39. The zero-order valence-electron chi connectivity index (χ0n) is 10.8. The van der Waals surface area contributed by atoms with Crippen LogP contribution in [-0.4, -0.2) is 35.3 Å². The first-order chi connectivity index (χ1) is 8.92. The van der Waals surface area contributed by atoms with Gasteiger partial charge in [0, 0.05) is 18.2 Å². The van der Waals surface area contributed by atoms with Crippen molar-refractivity contribution in [2.75, 3.05) is 18.1 Å². The van der Waals surface area contributed by atoms with Gasteiger partial charge in [-0.2, -0.15) is 0 Å². The van der Waals surface area contributed by atoms with Crippen molar-refractivity contribution >= 4 is 11.5 Å². The van der Waals surface area contributed by atoms with Crippen molar-refractivity contribution in [1.82, 2.24) is 0 Å². The molecule has 0 saturated heterocycles. The molecule has 7 heteroatoms. The van der Waals surface area contributed by atoms with Gasteiger partial charge in [-0.1, -0.05) is 5.16 Å². The minimum Gasteiger partial charge on any atom is -0.409 e. The Morgan fingerprint density at radius 1 is 1.37 bits per heavy atom. The number of rotatable bonds is 5. The molecule has 0 amide bonds. The lowest BCUT2D eigenvalue weighted by Gasteiger charge is -2.29. The molecule has 5 nitrogen and oxygen atoms in total. The Labute approximate surface area is 109 Å². The third-order valence-corrected chi connectivity index (χ3v) is 2.67. The predicted molar refractivity (Wildman–Crippen MR) is 68.4 cm³/mol. The van der Waals surface area contributed by atoms with E-state index in [2.05, 4.69) is 5.16 Å². The van der Waals surface area contributed by atoms with Crippen LogP contribution in [0, 0.1) is 11.6 Å². The molecule has 106 valence electrons. The van der Waals surface area contributed by atoms with Crippen LogP contribution in [0.15, 0.2) is 17.3 Å². The van der Waals surface area contributed by atoms with Gasteiger partial charge in [0.25, 0.3) is 0 Å². The highest BCUT2D eigenvalue weighted by Gasteiger charge is 2.20. The number of aliphatic hydroxyl groups excluding tert-OH is 1. The summed E-state index contributed by atoms with van der Waals surface area (Å²) >= 11 is 0. The van der Waals surface area contributed by atoms with Gasteiger partial charge in [-0.15, -0.1) is 0 Å². The second-order valence-corrected chi connectivity index (χ2v) is 4.28. The first-order valence-electron chi connectivity index (χ1n) is 5.76. The quantitative estimate of drug-likeness (QED) is 0.326. The van der Waals surface area contributed by atoms with E-state index in [1.807, 2.05) is 0 Å². The number of anilines is 1. The van der Waals surface area contributed by atoms with Gasteiger partial charge < -0.3 is 20.9 Å². The summed E-state index contributed by atoms with van der Waals surface area (Å²) in [6, 6.07) is 1.78. The number of halogens is 2. The van der Waals surface area contributed by atoms with Crippen molar-refractivity contribution < 1.29 is 19.1 Å². The number of benzene rings is 1. The number of hydrogen-bond donors (Lipinski definition) is 3. The maximum Gasteiger partial charge on any atom is 0.170 e. The molecule has 1 aromatic rings. The van der Waals surface area contributed by atoms with Crippen molar-refractivity contribution in [3.05, 3.63) is 29.3 Å². The van der Waals surface area contributed by atoms with Crippen molar-refractivity contribution in [1.29, 1.82) is 0 Å². The van der Waals surface area contributed by atoms with Gasteiger partial charge in [0.1, 0.15) is 17.3 Å². The van der Waals surface area contributed by atoms with Crippen LogP contribution in [0.25, 0.3) is 0 Å². The number of aliphatic hydroxyl groups is 1. The highest BCUT2D eigenvalue weighted by Crippen LogP contribution is 2.26. The van der Waals surface area contributed by atoms with E-state index < -0.39 is 11.6 Å². The van der Waals surface area contributed by atoms with Crippen LogP contribution in [0.1, 0.15) is 19.4 Å². The fraction of sp³-hybridized carbons (Fsp3) is 0.417. The van der Waals surface area contributed by atoms with E-state index in [0.717, 1.165) is 12.1 Å². The monoisotopic (exact) mass is 273 g/mol. The van der Waals surface area contributed by atoms with Crippen molar-refractivity contribution in [3.8, 4) is 0 Å². The number of amidine groups is 1. The molecule has 0 atom stereocenters. The average molecular weight is 273 g/mol. The summed E-state index contributed by atoms with van der Waals surface area (Å²) in [5.41, 5.74) is 5.01. The summed E-state index contributed by atoms with van der Waals surface area (Å²) in [7, 11) is 0. The molecule has 0 bridgehead atoms. The Bertz CT molecular complexity index is 455. The Morgan fingerprint density at radius 3 is 2.26 bits per heavy atom. The standard InChI is InChI=1S/C12H17F2N3O2/c1-7(2)17(3-4-18)11-9(13)5-8(6-10(11)14)12(15)16-19/h5-7,18-19H,3-4H2,1-2H3,(H2,15,16). The lowest BCUT2D eigenvalue weighted by Crippen LogP contribution is -2.35. The maximum atomic E-state index is 14.0. The second-order valence-electron chi connectivity index (χ2n) is 4.28. The summed E-state index contributed by atoms with van der Waals surface area (Å²) in [4.78, 5) is 1.40.